The maximum absolute atomic E-state index is 5.42. The van der Waals surface area contributed by atoms with E-state index in [2.05, 4.69) is 10.3 Å². The molecule has 0 atom stereocenters. The highest BCUT2D eigenvalue weighted by atomic mass is 16.7. The summed E-state index contributed by atoms with van der Waals surface area (Å²) in [5.41, 5.74) is 0. The number of hydrogen-bond donors (Lipinski definition) is 1. The highest BCUT2D eigenvalue weighted by Crippen LogP contribution is 2.37. The van der Waals surface area contributed by atoms with Crippen LogP contribution in [0.4, 0.5) is 5.82 Å². The molecule has 0 unspecified atom stereocenters. The summed E-state index contributed by atoms with van der Waals surface area (Å²) in [5, 5.41) is 5.49. The van der Waals surface area contributed by atoms with Gasteiger partial charge in [0.25, 0.3) is 0 Å². The van der Waals surface area contributed by atoms with Gasteiger partial charge in [0, 0.05) is 31.3 Å². The summed E-state index contributed by atoms with van der Waals surface area (Å²) in [6.45, 7) is 4.65. The lowest BCUT2D eigenvalue weighted by Gasteiger charge is -2.09. The topological polar surface area (TPSA) is 52.6 Å². The van der Waals surface area contributed by atoms with Crippen LogP contribution in [0.25, 0.3) is 10.8 Å². The van der Waals surface area contributed by atoms with Crippen molar-refractivity contribution in [1.29, 1.82) is 0 Å². The summed E-state index contributed by atoms with van der Waals surface area (Å²) in [6, 6.07) is 5.95. The summed E-state index contributed by atoms with van der Waals surface area (Å²) >= 11 is 0. The molecule has 0 spiro atoms. The first-order chi connectivity index (χ1) is 9.88. The second kappa shape index (κ2) is 5.96. The Morgan fingerprint density at radius 3 is 3.00 bits per heavy atom. The lowest BCUT2D eigenvalue weighted by atomic mass is 10.1. The molecule has 1 aliphatic heterocycles. The van der Waals surface area contributed by atoms with Crippen LogP contribution in [0.5, 0.6) is 11.5 Å². The molecule has 1 aromatic carbocycles. The molecular formula is C15H18N2O3. The van der Waals surface area contributed by atoms with E-state index in [1.54, 1.807) is 6.20 Å². The maximum Gasteiger partial charge on any atom is 0.231 e. The molecule has 1 N–H and O–H groups in total. The van der Waals surface area contributed by atoms with Crippen molar-refractivity contribution in [2.75, 3.05) is 31.9 Å². The van der Waals surface area contributed by atoms with Crippen molar-refractivity contribution in [3.05, 3.63) is 24.4 Å². The van der Waals surface area contributed by atoms with Gasteiger partial charge in [-0.05, 0) is 36.9 Å². The molecule has 20 heavy (non-hydrogen) atoms. The van der Waals surface area contributed by atoms with Crippen molar-refractivity contribution in [2.45, 2.75) is 13.3 Å². The Kier molecular flexibility index (Phi) is 3.87. The molecule has 5 nitrogen and oxygen atoms in total. The normalized spacial score (nSPS) is 12.8. The first-order valence-corrected chi connectivity index (χ1v) is 6.88. The second-order valence-electron chi connectivity index (χ2n) is 4.56. The third-order valence-corrected chi connectivity index (χ3v) is 3.22. The number of nitrogens with one attached hydrogen (secondary N) is 1. The number of pyridine rings is 1. The zero-order chi connectivity index (χ0) is 13.8. The molecule has 0 aliphatic carbocycles. The number of hydrogen-bond acceptors (Lipinski definition) is 5. The van der Waals surface area contributed by atoms with Crippen LogP contribution < -0.4 is 14.8 Å². The van der Waals surface area contributed by atoms with Gasteiger partial charge in [0.2, 0.25) is 6.79 Å². The van der Waals surface area contributed by atoms with Crippen LogP contribution in [0.2, 0.25) is 0 Å². The summed E-state index contributed by atoms with van der Waals surface area (Å²) < 4.78 is 16.1. The van der Waals surface area contributed by atoms with Crippen LogP contribution in [-0.2, 0) is 4.74 Å². The van der Waals surface area contributed by atoms with Crippen LogP contribution in [-0.4, -0.2) is 31.5 Å². The van der Waals surface area contributed by atoms with Gasteiger partial charge in [0.15, 0.2) is 11.5 Å². The second-order valence-corrected chi connectivity index (χ2v) is 4.56. The molecule has 5 heteroatoms. The van der Waals surface area contributed by atoms with E-state index in [9.17, 15) is 0 Å². The van der Waals surface area contributed by atoms with Crippen LogP contribution in [0.15, 0.2) is 24.4 Å². The average Bonchev–Trinajstić information content (AvgIpc) is 2.92. The third kappa shape index (κ3) is 2.63. The monoisotopic (exact) mass is 274 g/mol. The van der Waals surface area contributed by atoms with Gasteiger partial charge in [0.05, 0.1) is 0 Å². The van der Waals surface area contributed by atoms with Gasteiger partial charge in [-0.15, -0.1) is 0 Å². The Hall–Kier alpha value is -2.01. The largest absolute Gasteiger partial charge is 0.454 e. The van der Waals surface area contributed by atoms with Crippen molar-refractivity contribution in [2.24, 2.45) is 0 Å². The highest BCUT2D eigenvalue weighted by Gasteiger charge is 2.15. The van der Waals surface area contributed by atoms with Gasteiger partial charge in [-0.3, -0.25) is 0 Å². The molecule has 3 rings (SSSR count). The van der Waals surface area contributed by atoms with Crippen LogP contribution in [0.1, 0.15) is 13.3 Å². The standard InChI is InChI=1S/C15H18N2O3/c1-2-18-7-3-5-16-15-12-9-14-13(19-10-20-14)8-11(12)4-6-17-15/h4,6,8-9H,2-3,5,7,10H2,1H3,(H,16,17). The zero-order valence-corrected chi connectivity index (χ0v) is 11.5. The quantitative estimate of drug-likeness (QED) is 0.821. The van der Waals surface area contributed by atoms with Gasteiger partial charge >= 0.3 is 0 Å². The minimum atomic E-state index is 0.288. The fourth-order valence-corrected chi connectivity index (χ4v) is 2.23. The Bertz CT molecular complexity index is 601. The summed E-state index contributed by atoms with van der Waals surface area (Å²) in [5.74, 6) is 2.45. The van der Waals surface area contributed by atoms with E-state index in [4.69, 9.17) is 14.2 Å². The molecule has 1 aromatic heterocycles. The Balaban J connectivity index is 1.77. The lowest BCUT2D eigenvalue weighted by molar-refractivity contribution is 0.147. The smallest absolute Gasteiger partial charge is 0.231 e. The number of fused-ring (bicyclic) bond motifs is 2. The van der Waals surface area contributed by atoms with E-state index in [1.165, 1.54) is 0 Å². The van der Waals surface area contributed by atoms with Crippen molar-refractivity contribution < 1.29 is 14.2 Å². The number of rotatable bonds is 6. The van der Waals surface area contributed by atoms with Crippen LogP contribution in [0, 0.1) is 0 Å². The van der Waals surface area contributed by atoms with Gasteiger partial charge in [0.1, 0.15) is 5.82 Å². The van der Waals surface area contributed by atoms with Gasteiger partial charge < -0.3 is 19.5 Å². The molecule has 2 heterocycles. The van der Waals surface area contributed by atoms with E-state index >= 15 is 0 Å². The average molecular weight is 274 g/mol. The Morgan fingerprint density at radius 1 is 1.30 bits per heavy atom. The van der Waals surface area contributed by atoms with Gasteiger partial charge in [-0.2, -0.15) is 0 Å². The predicted molar refractivity (Wildman–Crippen MR) is 77.5 cm³/mol. The fraction of sp³-hybridized carbons (Fsp3) is 0.400. The predicted octanol–water partition coefficient (Wildman–Crippen LogP) is 2.80. The number of nitrogens with zero attached hydrogens (tertiary/aromatic N) is 1. The summed E-state index contributed by atoms with van der Waals surface area (Å²) in [7, 11) is 0. The molecule has 0 saturated carbocycles. The number of ether oxygens (including phenoxy) is 3. The van der Waals surface area contributed by atoms with E-state index in [0.717, 1.165) is 54.3 Å². The molecule has 0 radical (unpaired) electrons. The first kappa shape index (κ1) is 13.0. The van der Waals surface area contributed by atoms with Gasteiger partial charge in [-0.25, -0.2) is 4.98 Å². The van der Waals surface area contributed by atoms with Crippen LogP contribution >= 0.6 is 0 Å². The van der Waals surface area contributed by atoms with Crippen LogP contribution in [0.3, 0.4) is 0 Å². The third-order valence-electron chi connectivity index (χ3n) is 3.22. The molecule has 106 valence electrons. The zero-order valence-electron chi connectivity index (χ0n) is 11.5. The van der Waals surface area contributed by atoms with Crippen molar-refractivity contribution in [1.82, 2.24) is 4.98 Å². The van der Waals surface area contributed by atoms with E-state index in [1.807, 2.05) is 25.1 Å². The maximum atomic E-state index is 5.42. The molecule has 1 aliphatic rings. The molecule has 0 fully saturated rings. The van der Waals surface area contributed by atoms with Crippen molar-refractivity contribution in [3.63, 3.8) is 0 Å². The highest BCUT2D eigenvalue weighted by molar-refractivity contribution is 5.94. The molecule has 0 bridgehead atoms. The number of anilines is 1. The van der Waals surface area contributed by atoms with Crippen molar-refractivity contribution in [3.8, 4) is 11.5 Å². The first-order valence-electron chi connectivity index (χ1n) is 6.88. The van der Waals surface area contributed by atoms with E-state index in [0.29, 0.717) is 0 Å². The van der Waals surface area contributed by atoms with E-state index < -0.39 is 0 Å². The SMILES string of the molecule is CCOCCCNc1nccc2cc3c(cc12)OCO3. The van der Waals surface area contributed by atoms with Gasteiger partial charge in [-0.1, -0.05) is 0 Å². The fourth-order valence-electron chi connectivity index (χ4n) is 2.23. The summed E-state index contributed by atoms with van der Waals surface area (Å²) in [4.78, 5) is 4.40. The number of benzene rings is 1. The Labute approximate surface area is 117 Å². The Morgan fingerprint density at radius 2 is 2.15 bits per heavy atom. The van der Waals surface area contributed by atoms with E-state index in [-0.39, 0.29) is 6.79 Å². The lowest BCUT2D eigenvalue weighted by Crippen LogP contribution is -2.07. The minimum Gasteiger partial charge on any atom is -0.454 e. The number of aromatic nitrogens is 1. The molecular weight excluding hydrogens is 256 g/mol. The molecule has 2 aromatic rings. The molecule has 0 saturated heterocycles. The minimum absolute atomic E-state index is 0.288. The molecule has 0 amide bonds. The summed E-state index contributed by atoms with van der Waals surface area (Å²) in [6.07, 6.45) is 2.76. The van der Waals surface area contributed by atoms with Crippen molar-refractivity contribution >= 4 is 16.6 Å².